The van der Waals surface area contributed by atoms with E-state index in [1.54, 1.807) is 13.2 Å². The predicted molar refractivity (Wildman–Crippen MR) is 63.2 cm³/mol. The molecule has 0 aliphatic heterocycles. The maximum absolute atomic E-state index is 11.3. The third-order valence-corrected chi connectivity index (χ3v) is 2.59. The Hall–Kier alpha value is -1.87. The number of methoxy groups -OCH3 is 1. The van der Waals surface area contributed by atoms with Gasteiger partial charge in [-0.15, -0.1) is 0 Å². The van der Waals surface area contributed by atoms with Gasteiger partial charge in [0, 0.05) is 12.7 Å². The van der Waals surface area contributed by atoms with Gasteiger partial charge in [-0.3, -0.25) is 4.79 Å². The second-order valence-electron chi connectivity index (χ2n) is 3.61. The number of rotatable bonds is 3. The van der Waals surface area contributed by atoms with Gasteiger partial charge in [0.25, 0.3) is 0 Å². The summed E-state index contributed by atoms with van der Waals surface area (Å²) in [4.78, 5) is 11.3. The average molecular weight is 215 g/mol. The van der Waals surface area contributed by atoms with Crippen molar-refractivity contribution in [1.29, 1.82) is 0 Å². The van der Waals surface area contributed by atoms with Crippen LogP contribution in [-0.2, 0) is 11.3 Å². The van der Waals surface area contributed by atoms with E-state index in [0.717, 1.165) is 16.3 Å². The van der Waals surface area contributed by atoms with Crippen molar-refractivity contribution in [3.8, 4) is 0 Å². The molecule has 3 nitrogen and oxygen atoms in total. The monoisotopic (exact) mass is 215 g/mol. The minimum atomic E-state index is -0.419. The van der Waals surface area contributed by atoms with Crippen LogP contribution in [0.15, 0.2) is 36.4 Å². The molecule has 2 N–H and O–H groups in total. The number of amides is 1. The molecule has 0 aliphatic rings. The summed E-state index contributed by atoms with van der Waals surface area (Å²) >= 11 is 0. The van der Waals surface area contributed by atoms with E-state index in [4.69, 9.17) is 10.5 Å². The average Bonchev–Trinajstić information content (AvgIpc) is 2.29. The fraction of sp³-hybridized carbons (Fsp3) is 0.154. The molecular weight excluding hydrogens is 202 g/mol. The maximum atomic E-state index is 11.3. The number of nitrogens with two attached hydrogens (primary N) is 1. The van der Waals surface area contributed by atoms with Gasteiger partial charge in [-0.05, 0) is 22.4 Å². The van der Waals surface area contributed by atoms with Gasteiger partial charge in [0.2, 0.25) is 5.91 Å². The van der Waals surface area contributed by atoms with Crippen LogP contribution in [0.5, 0.6) is 0 Å². The highest BCUT2D eigenvalue weighted by atomic mass is 16.5. The van der Waals surface area contributed by atoms with Crippen LogP contribution in [0.4, 0.5) is 0 Å². The van der Waals surface area contributed by atoms with Crippen molar-refractivity contribution >= 4 is 16.7 Å². The normalized spacial score (nSPS) is 10.6. The molecule has 0 bridgehead atoms. The van der Waals surface area contributed by atoms with Crippen molar-refractivity contribution in [3.63, 3.8) is 0 Å². The van der Waals surface area contributed by atoms with Gasteiger partial charge in [-0.2, -0.15) is 0 Å². The number of primary amides is 1. The molecule has 0 saturated heterocycles. The zero-order valence-corrected chi connectivity index (χ0v) is 9.07. The summed E-state index contributed by atoms with van der Waals surface area (Å²) in [5, 5.41) is 2.10. The Balaban J connectivity index is 2.73. The van der Waals surface area contributed by atoms with Crippen LogP contribution in [0.25, 0.3) is 10.8 Å². The summed E-state index contributed by atoms with van der Waals surface area (Å²) in [6.07, 6.45) is 0. The Morgan fingerprint density at radius 3 is 2.69 bits per heavy atom. The Bertz CT molecular complexity index is 534. The number of carbonyl (C=O) groups excluding carboxylic acids is 1. The lowest BCUT2D eigenvalue weighted by atomic mass is 9.99. The molecule has 82 valence electrons. The van der Waals surface area contributed by atoms with Crippen LogP contribution in [0.3, 0.4) is 0 Å². The summed E-state index contributed by atoms with van der Waals surface area (Å²) in [6, 6.07) is 11.5. The van der Waals surface area contributed by atoms with Crippen molar-refractivity contribution < 1.29 is 9.53 Å². The Kier molecular flexibility index (Phi) is 2.88. The molecule has 0 spiro atoms. The van der Waals surface area contributed by atoms with Crippen LogP contribution < -0.4 is 5.73 Å². The van der Waals surface area contributed by atoms with E-state index >= 15 is 0 Å². The fourth-order valence-electron chi connectivity index (χ4n) is 1.87. The fourth-order valence-corrected chi connectivity index (χ4v) is 1.87. The number of carbonyl (C=O) groups is 1. The quantitative estimate of drug-likeness (QED) is 0.852. The van der Waals surface area contributed by atoms with E-state index in [0.29, 0.717) is 12.2 Å². The number of benzene rings is 2. The van der Waals surface area contributed by atoms with Gasteiger partial charge in [0.15, 0.2) is 0 Å². The van der Waals surface area contributed by atoms with Crippen LogP contribution in [0.1, 0.15) is 15.9 Å². The number of hydrogen-bond acceptors (Lipinski definition) is 2. The van der Waals surface area contributed by atoms with Gasteiger partial charge < -0.3 is 10.5 Å². The Morgan fingerprint density at radius 1 is 1.25 bits per heavy atom. The summed E-state index contributed by atoms with van der Waals surface area (Å²) in [5.74, 6) is -0.419. The number of fused-ring (bicyclic) bond motifs is 1. The van der Waals surface area contributed by atoms with E-state index in [2.05, 4.69) is 0 Å². The van der Waals surface area contributed by atoms with Crippen molar-refractivity contribution in [2.24, 2.45) is 5.73 Å². The van der Waals surface area contributed by atoms with E-state index in [1.165, 1.54) is 0 Å². The molecule has 0 radical (unpaired) electrons. The first-order valence-electron chi connectivity index (χ1n) is 5.03. The molecule has 0 atom stereocenters. The molecule has 3 heteroatoms. The summed E-state index contributed by atoms with van der Waals surface area (Å²) in [5.41, 5.74) is 6.72. The zero-order valence-electron chi connectivity index (χ0n) is 9.07. The second-order valence-corrected chi connectivity index (χ2v) is 3.61. The topological polar surface area (TPSA) is 52.3 Å². The van der Waals surface area contributed by atoms with Gasteiger partial charge >= 0.3 is 0 Å². The van der Waals surface area contributed by atoms with E-state index in [-0.39, 0.29) is 0 Å². The molecule has 16 heavy (non-hydrogen) atoms. The smallest absolute Gasteiger partial charge is 0.249 e. The van der Waals surface area contributed by atoms with Crippen LogP contribution >= 0.6 is 0 Å². The molecule has 0 aliphatic carbocycles. The first kappa shape index (κ1) is 10.6. The van der Waals surface area contributed by atoms with Gasteiger partial charge in [0.1, 0.15) is 0 Å². The molecule has 1 amide bonds. The van der Waals surface area contributed by atoms with Crippen molar-refractivity contribution in [2.45, 2.75) is 6.61 Å². The molecule has 0 unspecified atom stereocenters. The lowest BCUT2D eigenvalue weighted by molar-refractivity contribution is 0.0995. The summed E-state index contributed by atoms with van der Waals surface area (Å²) < 4.78 is 5.12. The largest absolute Gasteiger partial charge is 0.380 e. The third-order valence-electron chi connectivity index (χ3n) is 2.59. The number of ether oxygens (including phenoxy) is 1. The molecule has 2 aromatic carbocycles. The molecular formula is C13H13NO2. The molecule has 2 rings (SSSR count). The molecule has 2 aromatic rings. The minimum absolute atomic E-state index is 0.389. The standard InChI is InChI=1S/C13H13NO2/c1-16-8-12-10-5-3-2-4-9(10)6-7-11(12)13(14)15/h2-7H,8H2,1H3,(H2,14,15). The molecule has 0 saturated carbocycles. The third kappa shape index (κ3) is 1.77. The van der Waals surface area contributed by atoms with E-state index in [9.17, 15) is 4.79 Å². The minimum Gasteiger partial charge on any atom is -0.380 e. The van der Waals surface area contributed by atoms with Crippen molar-refractivity contribution in [1.82, 2.24) is 0 Å². The van der Waals surface area contributed by atoms with Gasteiger partial charge in [0.05, 0.1) is 6.61 Å². The Morgan fingerprint density at radius 2 is 2.00 bits per heavy atom. The summed E-state index contributed by atoms with van der Waals surface area (Å²) in [7, 11) is 1.60. The Labute approximate surface area is 93.8 Å². The molecule has 0 heterocycles. The SMILES string of the molecule is COCc1c(C(N)=O)ccc2ccccc12. The van der Waals surface area contributed by atoms with Crippen molar-refractivity contribution in [3.05, 3.63) is 47.5 Å². The first-order chi connectivity index (χ1) is 7.74. The maximum Gasteiger partial charge on any atom is 0.249 e. The van der Waals surface area contributed by atoms with Crippen LogP contribution in [0, 0.1) is 0 Å². The van der Waals surface area contributed by atoms with E-state index in [1.807, 2.05) is 30.3 Å². The van der Waals surface area contributed by atoms with Crippen LogP contribution in [-0.4, -0.2) is 13.0 Å². The lowest BCUT2D eigenvalue weighted by Gasteiger charge is -2.09. The second kappa shape index (κ2) is 4.33. The van der Waals surface area contributed by atoms with Crippen molar-refractivity contribution in [2.75, 3.05) is 7.11 Å². The van der Waals surface area contributed by atoms with Gasteiger partial charge in [-0.25, -0.2) is 0 Å². The highest BCUT2D eigenvalue weighted by Gasteiger charge is 2.11. The van der Waals surface area contributed by atoms with Crippen LogP contribution in [0.2, 0.25) is 0 Å². The lowest BCUT2D eigenvalue weighted by Crippen LogP contribution is -2.14. The predicted octanol–water partition coefficient (Wildman–Crippen LogP) is 2.09. The highest BCUT2D eigenvalue weighted by molar-refractivity contribution is 6.00. The first-order valence-corrected chi connectivity index (χ1v) is 5.03. The summed E-state index contributed by atoms with van der Waals surface area (Å²) in [6.45, 7) is 0.389. The highest BCUT2D eigenvalue weighted by Crippen LogP contribution is 2.22. The van der Waals surface area contributed by atoms with Gasteiger partial charge in [-0.1, -0.05) is 30.3 Å². The zero-order chi connectivity index (χ0) is 11.5. The number of hydrogen-bond donors (Lipinski definition) is 1. The molecule has 0 aromatic heterocycles. The van der Waals surface area contributed by atoms with E-state index < -0.39 is 5.91 Å². The molecule has 0 fully saturated rings.